The van der Waals surface area contributed by atoms with Crippen LogP contribution in [0.5, 0.6) is 0 Å². The third kappa shape index (κ3) is 5.69. The average molecular weight is 478 g/mol. The minimum Gasteiger partial charge on any atom is -0.348 e. The van der Waals surface area contributed by atoms with Crippen LogP contribution in [-0.4, -0.2) is 22.7 Å². The SMILES string of the molecule is Cc1ccc(S(=O)(=O)Nc2cccc(C(=O)NCc3ccc(S(N)(=O)=O)cc3)c2)cc1F. The molecule has 3 rings (SSSR count). The molecular weight excluding hydrogens is 457 g/mol. The van der Waals surface area contributed by atoms with Gasteiger partial charge in [-0.25, -0.2) is 26.4 Å². The molecule has 0 spiro atoms. The second kappa shape index (κ2) is 9.07. The Hall–Kier alpha value is -3.28. The van der Waals surface area contributed by atoms with Gasteiger partial charge in [0, 0.05) is 17.8 Å². The summed E-state index contributed by atoms with van der Waals surface area (Å²) in [5.41, 5.74) is 1.29. The van der Waals surface area contributed by atoms with Crippen LogP contribution in [0.15, 0.2) is 76.5 Å². The summed E-state index contributed by atoms with van der Waals surface area (Å²) >= 11 is 0. The minimum atomic E-state index is -4.05. The third-order valence-corrected chi connectivity index (χ3v) is 6.84. The molecule has 1 amide bonds. The predicted octanol–water partition coefficient (Wildman–Crippen LogP) is 2.51. The van der Waals surface area contributed by atoms with Gasteiger partial charge >= 0.3 is 0 Å². The number of hydrogen-bond acceptors (Lipinski definition) is 5. The molecule has 4 N–H and O–H groups in total. The minimum absolute atomic E-state index is 0.0407. The van der Waals surface area contributed by atoms with E-state index in [9.17, 15) is 26.0 Å². The van der Waals surface area contributed by atoms with Crippen molar-refractivity contribution in [3.8, 4) is 0 Å². The number of benzene rings is 3. The van der Waals surface area contributed by atoms with E-state index in [1.807, 2.05) is 0 Å². The highest BCUT2D eigenvalue weighted by atomic mass is 32.2. The van der Waals surface area contributed by atoms with Gasteiger partial charge in [0.25, 0.3) is 15.9 Å². The Bertz CT molecular complexity index is 1370. The number of primary sulfonamides is 1. The number of aryl methyl sites for hydroxylation is 1. The molecule has 168 valence electrons. The summed E-state index contributed by atoms with van der Waals surface area (Å²) in [5.74, 6) is -1.11. The Balaban J connectivity index is 1.69. The zero-order valence-corrected chi connectivity index (χ0v) is 18.5. The molecule has 8 nitrogen and oxygen atoms in total. The lowest BCUT2D eigenvalue weighted by Crippen LogP contribution is -2.23. The maximum Gasteiger partial charge on any atom is 0.261 e. The summed E-state index contributed by atoms with van der Waals surface area (Å²) < 4.78 is 63.7. The van der Waals surface area contributed by atoms with E-state index in [1.165, 1.54) is 67.6 Å². The van der Waals surface area contributed by atoms with Crippen LogP contribution in [0.2, 0.25) is 0 Å². The lowest BCUT2D eigenvalue weighted by Gasteiger charge is -2.11. The Kier molecular flexibility index (Phi) is 6.63. The monoisotopic (exact) mass is 477 g/mol. The van der Waals surface area contributed by atoms with E-state index in [2.05, 4.69) is 10.0 Å². The van der Waals surface area contributed by atoms with Gasteiger partial charge in [0.15, 0.2) is 0 Å². The van der Waals surface area contributed by atoms with E-state index < -0.39 is 31.8 Å². The molecule has 3 aromatic rings. The lowest BCUT2D eigenvalue weighted by atomic mass is 10.2. The fourth-order valence-electron chi connectivity index (χ4n) is 2.76. The van der Waals surface area contributed by atoms with Gasteiger partial charge in [-0.05, 0) is 60.5 Å². The molecular formula is C21H20FN3O5S2. The summed E-state index contributed by atoms with van der Waals surface area (Å²) in [5, 5.41) is 7.71. The third-order valence-electron chi connectivity index (χ3n) is 4.54. The Morgan fingerprint density at radius 1 is 0.938 bits per heavy atom. The molecule has 0 fully saturated rings. The van der Waals surface area contributed by atoms with E-state index >= 15 is 0 Å². The number of nitrogens with one attached hydrogen (secondary N) is 2. The average Bonchev–Trinajstić information content (AvgIpc) is 2.73. The van der Waals surface area contributed by atoms with Gasteiger partial charge in [-0.2, -0.15) is 0 Å². The molecule has 3 aromatic carbocycles. The number of amides is 1. The van der Waals surface area contributed by atoms with Gasteiger partial charge in [-0.3, -0.25) is 9.52 Å². The number of hydrogen-bond donors (Lipinski definition) is 3. The summed E-state index contributed by atoms with van der Waals surface area (Å²) in [6, 6.07) is 15.1. The van der Waals surface area contributed by atoms with Crippen LogP contribution in [0, 0.1) is 12.7 Å². The van der Waals surface area contributed by atoms with Crippen molar-refractivity contribution in [3.63, 3.8) is 0 Å². The molecule has 0 bridgehead atoms. The zero-order valence-electron chi connectivity index (χ0n) is 16.9. The first-order valence-corrected chi connectivity index (χ1v) is 12.3. The molecule has 0 saturated carbocycles. The molecule has 0 aromatic heterocycles. The molecule has 0 aliphatic rings. The summed E-state index contributed by atoms with van der Waals surface area (Å²) in [4.78, 5) is 12.2. The van der Waals surface area contributed by atoms with Crippen LogP contribution < -0.4 is 15.2 Å². The predicted molar refractivity (Wildman–Crippen MR) is 117 cm³/mol. The second-order valence-corrected chi connectivity index (χ2v) is 10.2. The van der Waals surface area contributed by atoms with E-state index in [-0.39, 0.29) is 27.6 Å². The van der Waals surface area contributed by atoms with Crippen molar-refractivity contribution in [1.29, 1.82) is 0 Å². The summed E-state index contributed by atoms with van der Waals surface area (Å²) in [7, 11) is -7.85. The van der Waals surface area contributed by atoms with Crippen LogP contribution >= 0.6 is 0 Å². The maximum absolute atomic E-state index is 13.7. The maximum atomic E-state index is 13.7. The van der Waals surface area contributed by atoms with Crippen LogP contribution in [0.4, 0.5) is 10.1 Å². The number of rotatable bonds is 7. The number of halogens is 1. The van der Waals surface area contributed by atoms with Crippen LogP contribution in [-0.2, 0) is 26.6 Å². The van der Waals surface area contributed by atoms with Gasteiger partial charge in [0.05, 0.1) is 9.79 Å². The molecule has 0 unspecified atom stereocenters. The summed E-state index contributed by atoms with van der Waals surface area (Å²) in [6.45, 7) is 1.64. The molecule has 0 atom stereocenters. The van der Waals surface area contributed by atoms with Crippen LogP contribution in [0.1, 0.15) is 21.5 Å². The quantitative estimate of drug-likeness (QED) is 0.480. The smallest absolute Gasteiger partial charge is 0.261 e. The molecule has 0 saturated heterocycles. The first-order chi connectivity index (χ1) is 15.0. The highest BCUT2D eigenvalue weighted by Crippen LogP contribution is 2.19. The van der Waals surface area contributed by atoms with Crippen molar-refractivity contribution in [1.82, 2.24) is 5.32 Å². The van der Waals surface area contributed by atoms with Crippen LogP contribution in [0.3, 0.4) is 0 Å². The van der Waals surface area contributed by atoms with E-state index in [0.717, 1.165) is 6.07 Å². The highest BCUT2D eigenvalue weighted by molar-refractivity contribution is 7.92. The van der Waals surface area contributed by atoms with Crippen molar-refractivity contribution >= 4 is 31.6 Å². The van der Waals surface area contributed by atoms with Gasteiger partial charge in [0.2, 0.25) is 10.0 Å². The Labute approximate surface area is 185 Å². The van der Waals surface area contributed by atoms with Gasteiger partial charge in [-0.15, -0.1) is 0 Å². The van der Waals surface area contributed by atoms with Gasteiger partial charge in [-0.1, -0.05) is 24.3 Å². The molecule has 0 heterocycles. The van der Waals surface area contributed by atoms with Crippen molar-refractivity contribution in [2.45, 2.75) is 23.3 Å². The number of anilines is 1. The summed E-state index contributed by atoms with van der Waals surface area (Å²) in [6.07, 6.45) is 0. The van der Waals surface area contributed by atoms with Crippen molar-refractivity contribution in [3.05, 3.63) is 89.2 Å². The standard InChI is InChI=1S/C21H20FN3O5S2/c1-14-5-8-19(12-20(14)22)32(29,30)25-17-4-2-3-16(11-17)21(26)24-13-15-6-9-18(10-7-15)31(23,27)28/h2-12,25H,13H2,1H3,(H,24,26)(H2,23,27,28). The fourth-order valence-corrected chi connectivity index (χ4v) is 4.34. The topological polar surface area (TPSA) is 135 Å². The van der Waals surface area contributed by atoms with Gasteiger partial charge in [0.1, 0.15) is 5.82 Å². The number of carbonyl (C=O) groups is 1. The molecule has 0 radical (unpaired) electrons. The lowest BCUT2D eigenvalue weighted by molar-refractivity contribution is 0.0951. The number of sulfonamides is 2. The van der Waals surface area contributed by atoms with Crippen molar-refractivity contribution in [2.75, 3.05) is 4.72 Å². The second-order valence-electron chi connectivity index (χ2n) is 6.97. The first kappa shape index (κ1) is 23.4. The van der Waals surface area contributed by atoms with Crippen molar-refractivity contribution < 1.29 is 26.0 Å². The molecule has 32 heavy (non-hydrogen) atoms. The zero-order chi connectivity index (χ0) is 23.5. The van der Waals surface area contributed by atoms with E-state index in [4.69, 9.17) is 5.14 Å². The van der Waals surface area contributed by atoms with Gasteiger partial charge < -0.3 is 5.32 Å². The van der Waals surface area contributed by atoms with Crippen molar-refractivity contribution in [2.24, 2.45) is 5.14 Å². The Morgan fingerprint density at radius 3 is 2.22 bits per heavy atom. The first-order valence-electron chi connectivity index (χ1n) is 9.25. The largest absolute Gasteiger partial charge is 0.348 e. The number of carbonyl (C=O) groups excluding carboxylic acids is 1. The number of nitrogens with two attached hydrogens (primary N) is 1. The van der Waals surface area contributed by atoms with E-state index in [1.54, 1.807) is 0 Å². The highest BCUT2D eigenvalue weighted by Gasteiger charge is 2.17. The molecule has 0 aliphatic heterocycles. The van der Waals surface area contributed by atoms with E-state index in [0.29, 0.717) is 11.1 Å². The fraction of sp³-hybridized carbons (Fsp3) is 0.0952. The Morgan fingerprint density at radius 2 is 1.59 bits per heavy atom. The molecule has 11 heteroatoms. The van der Waals surface area contributed by atoms with Crippen LogP contribution in [0.25, 0.3) is 0 Å². The normalized spacial score (nSPS) is 11.7. The molecule has 0 aliphatic carbocycles.